The van der Waals surface area contributed by atoms with Crippen molar-refractivity contribution >= 4 is 38.1 Å². The molecule has 2 saturated heterocycles. The number of aliphatic hydroxyl groups excluding tert-OH is 2. The quantitative estimate of drug-likeness (QED) is 0.171. The Hall–Kier alpha value is -2.49. The number of nitrogens with one attached hydrogen (secondary N) is 1. The van der Waals surface area contributed by atoms with Crippen LogP contribution in [0, 0.1) is 0 Å². The minimum Gasteiger partial charge on any atom is -0.387 e. The van der Waals surface area contributed by atoms with Gasteiger partial charge in [0.25, 0.3) is 0 Å². The molecule has 2 aromatic heterocycles. The van der Waals surface area contributed by atoms with E-state index in [-0.39, 0.29) is 0 Å². The monoisotopic (exact) mass is 600 g/mol. The van der Waals surface area contributed by atoms with E-state index in [1.54, 1.807) is 0 Å². The molecule has 0 amide bonds. The van der Waals surface area contributed by atoms with Crippen LogP contribution in [0.5, 0.6) is 0 Å². The third-order valence-corrected chi connectivity index (χ3v) is 9.88. The number of morpholine rings is 1. The van der Waals surface area contributed by atoms with Crippen molar-refractivity contribution in [3.63, 3.8) is 0 Å². The summed E-state index contributed by atoms with van der Waals surface area (Å²) in [6.07, 6.45) is -4.17. The van der Waals surface area contributed by atoms with Gasteiger partial charge in [-0.1, -0.05) is 30.3 Å². The van der Waals surface area contributed by atoms with E-state index in [0.717, 1.165) is 5.56 Å². The van der Waals surface area contributed by atoms with Crippen LogP contribution in [0.1, 0.15) is 11.8 Å². The number of rotatable bonds is 10. The van der Waals surface area contributed by atoms with Crippen molar-refractivity contribution in [2.45, 2.75) is 31.1 Å². The lowest BCUT2D eigenvalue weighted by molar-refractivity contribution is -0.0483. The predicted molar refractivity (Wildman–Crippen MR) is 141 cm³/mol. The van der Waals surface area contributed by atoms with E-state index in [2.05, 4.69) is 15.3 Å². The number of fused-ring (bicyclic) bond motifs is 1. The molecule has 218 valence electrons. The van der Waals surface area contributed by atoms with Gasteiger partial charge in [-0.05, 0) is 5.56 Å². The summed E-state index contributed by atoms with van der Waals surface area (Å²) in [5.74, 6) is -0.540. The average Bonchev–Trinajstić information content (AvgIpc) is 3.46. The summed E-state index contributed by atoms with van der Waals surface area (Å²) < 4.78 is 40.6. The molecule has 0 bridgehead atoms. The highest BCUT2D eigenvalue weighted by molar-refractivity contribution is 7.70. The van der Waals surface area contributed by atoms with Crippen LogP contribution < -0.4 is 10.2 Å². The van der Waals surface area contributed by atoms with Crippen molar-refractivity contribution in [1.82, 2.24) is 19.5 Å². The summed E-state index contributed by atoms with van der Waals surface area (Å²) in [5.41, 5.74) is 1.71. The maximum atomic E-state index is 12.0. The van der Waals surface area contributed by atoms with Gasteiger partial charge in [0.1, 0.15) is 18.3 Å². The Bertz CT molecular complexity index is 1420. The lowest BCUT2D eigenvalue weighted by atomic mass is 10.1. The second-order valence-corrected chi connectivity index (χ2v) is 13.4. The summed E-state index contributed by atoms with van der Waals surface area (Å²) in [5, 5.41) is 24.7. The van der Waals surface area contributed by atoms with Crippen molar-refractivity contribution in [2.24, 2.45) is 0 Å². The number of ether oxygens (including phenoxy) is 2. The fourth-order valence-electron chi connectivity index (χ4n) is 4.46. The van der Waals surface area contributed by atoms with Crippen molar-refractivity contribution in [1.29, 1.82) is 0 Å². The van der Waals surface area contributed by atoms with Crippen molar-refractivity contribution in [3.05, 3.63) is 42.2 Å². The third-order valence-electron chi connectivity index (χ3n) is 6.42. The van der Waals surface area contributed by atoms with Crippen LogP contribution in [0.4, 0.5) is 11.8 Å². The zero-order valence-electron chi connectivity index (χ0n) is 21.1. The van der Waals surface area contributed by atoms with E-state index >= 15 is 0 Å². The van der Waals surface area contributed by atoms with Crippen LogP contribution in [0.3, 0.4) is 0 Å². The molecular formula is C22H30N6O10P2. The minimum atomic E-state index is -4.84. The van der Waals surface area contributed by atoms with Crippen LogP contribution in [-0.2, 0) is 29.7 Å². The number of imidazole rings is 1. The van der Waals surface area contributed by atoms with Crippen molar-refractivity contribution in [3.8, 4) is 0 Å². The van der Waals surface area contributed by atoms with Crippen LogP contribution in [0.15, 0.2) is 36.7 Å². The molecule has 1 unspecified atom stereocenters. The number of anilines is 2. The molecule has 0 aliphatic carbocycles. The first kappa shape index (κ1) is 29.0. The summed E-state index contributed by atoms with van der Waals surface area (Å²) >= 11 is 0. The van der Waals surface area contributed by atoms with E-state index in [1.165, 1.54) is 10.9 Å². The van der Waals surface area contributed by atoms with Gasteiger partial charge in [0.2, 0.25) is 5.95 Å². The van der Waals surface area contributed by atoms with Crippen LogP contribution in [0.2, 0.25) is 0 Å². The third kappa shape index (κ3) is 6.69. The van der Waals surface area contributed by atoms with Gasteiger partial charge < -0.3 is 49.1 Å². The minimum absolute atomic E-state index is 0.305. The molecule has 5 atom stereocenters. The van der Waals surface area contributed by atoms with Crippen LogP contribution in [-0.4, -0.2) is 102 Å². The number of aliphatic hydroxyl groups is 2. The molecule has 1 aromatic carbocycles. The van der Waals surface area contributed by atoms with Gasteiger partial charge >= 0.3 is 15.2 Å². The first-order chi connectivity index (χ1) is 19.0. The summed E-state index contributed by atoms with van der Waals surface area (Å²) in [7, 11) is -9.53. The largest absolute Gasteiger partial charge is 0.387 e. The maximum Gasteiger partial charge on any atom is 0.340 e. The zero-order valence-corrected chi connectivity index (χ0v) is 22.9. The Balaban J connectivity index is 1.41. The Labute approximate surface area is 228 Å². The fourth-order valence-corrected chi connectivity index (χ4v) is 7.03. The topological polar surface area (TPSA) is 222 Å². The first-order valence-electron chi connectivity index (χ1n) is 12.4. The lowest BCUT2D eigenvalue weighted by Crippen LogP contribution is -2.37. The molecule has 16 nitrogen and oxygen atoms in total. The predicted octanol–water partition coefficient (Wildman–Crippen LogP) is 0.231. The van der Waals surface area contributed by atoms with Gasteiger partial charge in [-0.3, -0.25) is 13.7 Å². The molecule has 0 spiro atoms. The van der Waals surface area contributed by atoms with E-state index in [0.29, 0.717) is 55.8 Å². The van der Waals surface area contributed by atoms with Gasteiger partial charge in [0.15, 0.2) is 29.1 Å². The standard InChI is InChI=1S/C22H30N6O10P2/c29-17-15(11-37-40(34,35)13-39(31,32)33)38-21(18(17)30)28-12-24-16-19(23-10-14-4-2-1-3-5-14)25-22(26-20(16)28)27-6-8-36-9-7-27/h1-5,12,15,17-18,21,29-30H,6-11,13H2,(H,34,35)(H,23,25,26)(H2,31,32,33)/t15-,17-,18-,21-/m1/s1. The number of hydrogen-bond acceptors (Lipinski definition) is 12. The van der Waals surface area contributed by atoms with Gasteiger partial charge in [-0.15, -0.1) is 0 Å². The molecule has 2 aliphatic heterocycles. The Morgan fingerprint density at radius 2 is 1.77 bits per heavy atom. The second kappa shape index (κ2) is 11.8. The Kier molecular flexibility index (Phi) is 8.55. The molecule has 4 heterocycles. The number of nitrogens with zero attached hydrogens (tertiary/aromatic N) is 5. The molecular weight excluding hydrogens is 570 g/mol. The molecule has 0 radical (unpaired) electrons. The molecule has 2 fully saturated rings. The molecule has 0 saturated carbocycles. The summed E-state index contributed by atoms with van der Waals surface area (Å²) in [6.45, 7) is 1.89. The molecule has 18 heteroatoms. The molecule has 6 N–H and O–H groups in total. The Morgan fingerprint density at radius 1 is 1.05 bits per heavy atom. The summed E-state index contributed by atoms with van der Waals surface area (Å²) in [4.78, 5) is 43.5. The van der Waals surface area contributed by atoms with E-state index in [9.17, 15) is 24.2 Å². The highest BCUT2D eigenvalue weighted by Gasteiger charge is 2.46. The highest BCUT2D eigenvalue weighted by Crippen LogP contribution is 2.55. The maximum absolute atomic E-state index is 12.0. The molecule has 2 aliphatic rings. The normalized spacial score (nSPS) is 25.3. The van der Waals surface area contributed by atoms with E-state index in [4.69, 9.17) is 28.8 Å². The first-order valence-corrected chi connectivity index (χ1v) is 15.9. The van der Waals surface area contributed by atoms with Crippen molar-refractivity contribution in [2.75, 3.05) is 49.0 Å². The lowest BCUT2D eigenvalue weighted by Gasteiger charge is -2.27. The van der Waals surface area contributed by atoms with Gasteiger partial charge in [0.05, 0.1) is 26.1 Å². The highest BCUT2D eigenvalue weighted by atomic mass is 31.2. The van der Waals surface area contributed by atoms with Gasteiger partial charge in [-0.2, -0.15) is 9.97 Å². The second-order valence-electron chi connectivity index (χ2n) is 9.42. The molecule has 40 heavy (non-hydrogen) atoms. The number of benzene rings is 1. The molecule has 3 aromatic rings. The summed E-state index contributed by atoms with van der Waals surface area (Å²) in [6, 6.07) is 9.69. The molecule has 5 rings (SSSR count). The van der Waals surface area contributed by atoms with E-state index < -0.39 is 52.2 Å². The van der Waals surface area contributed by atoms with Crippen LogP contribution >= 0.6 is 15.2 Å². The number of hydrogen-bond donors (Lipinski definition) is 6. The van der Waals surface area contributed by atoms with Gasteiger partial charge in [0, 0.05) is 19.6 Å². The van der Waals surface area contributed by atoms with Gasteiger partial charge in [-0.25, -0.2) is 4.98 Å². The average molecular weight is 600 g/mol. The SMILES string of the molecule is O=P(O)(O)CP(=O)(O)OC[C@H]1O[C@@H](n2cnc3c(NCc4ccccc4)nc(N4CCOCC4)nc32)[C@H](O)[C@@H]1O. The smallest absolute Gasteiger partial charge is 0.340 e. The van der Waals surface area contributed by atoms with Crippen LogP contribution in [0.25, 0.3) is 11.2 Å². The van der Waals surface area contributed by atoms with E-state index in [1.807, 2.05) is 35.2 Å². The Morgan fingerprint density at radius 3 is 2.48 bits per heavy atom. The fraction of sp³-hybridized carbons (Fsp3) is 0.500. The van der Waals surface area contributed by atoms with Crippen molar-refractivity contribution < 1.29 is 48.0 Å². The zero-order chi connectivity index (χ0) is 28.5. The number of aromatic nitrogens is 4.